The van der Waals surface area contributed by atoms with Crippen LogP contribution in [0.25, 0.3) is 0 Å². The lowest BCUT2D eigenvalue weighted by atomic mass is 9.95. The molecule has 8 heteroatoms. The Morgan fingerprint density at radius 1 is 0.943 bits per heavy atom. The van der Waals surface area contributed by atoms with Crippen LogP contribution in [0.3, 0.4) is 0 Å². The highest BCUT2D eigenvalue weighted by atomic mass is 16.5. The number of amides is 3. The lowest BCUT2D eigenvalue weighted by Gasteiger charge is -2.27. The molecule has 1 fully saturated rings. The normalized spacial score (nSPS) is 25.3. The summed E-state index contributed by atoms with van der Waals surface area (Å²) in [5.41, 5.74) is 0.880. The monoisotopic (exact) mass is 487 g/mol. The molecule has 1 aliphatic rings. The molecule has 8 nitrogen and oxygen atoms in total. The van der Waals surface area contributed by atoms with E-state index in [0.29, 0.717) is 6.42 Å². The van der Waals surface area contributed by atoms with E-state index in [2.05, 4.69) is 22.9 Å². The molecule has 3 amide bonds. The van der Waals surface area contributed by atoms with Crippen LogP contribution in [0.15, 0.2) is 30.3 Å². The van der Waals surface area contributed by atoms with E-state index in [4.69, 9.17) is 4.74 Å². The molecule has 194 valence electrons. The van der Waals surface area contributed by atoms with E-state index in [1.54, 1.807) is 6.92 Å². The molecule has 0 aromatic heterocycles. The van der Waals surface area contributed by atoms with Gasteiger partial charge in [0.1, 0.15) is 24.2 Å². The lowest BCUT2D eigenvalue weighted by Crippen LogP contribution is -2.55. The third-order valence-electron chi connectivity index (χ3n) is 6.30. The van der Waals surface area contributed by atoms with Crippen molar-refractivity contribution in [1.82, 2.24) is 16.0 Å². The summed E-state index contributed by atoms with van der Waals surface area (Å²) in [6, 6.07) is 6.76. The summed E-state index contributed by atoms with van der Waals surface area (Å²) < 4.78 is 5.85. The third-order valence-corrected chi connectivity index (χ3v) is 6.30. The third kappa shape index (κ3) is 9.34. The highest BCUT2D eigenvalue weighted by molar-refractivity contribution is 5.94. The minimum absolute atomic E-state index is 0.0485. The number of unbranched alkanes of at least 4 members (excludes halogenated alkanes) is 1. The largest absolute Gasteiger partial charge is 0.460 e. The first-order valence-corrected chi connectivity index (χ1v) is 12.7. The minimum atomic E-state index is -0.889. The second kappa shape index (κ2) is 13.9. The zero-order valence-electron chi connectivity index (χ0n) is 21.6. The Morgan fingerprint density at radius 2 is 1.63 bits per heavy atom. The number of ether oxygens (including phenoxy) is 1. The number of cyclic esters (lactones) is 1. The van der Waals surface area contributed by atoms with Crippen LogP contribution in [0.2, 0.25) is 0 Å². The van der Waals surface area contributed by atoms with Gasteiger partial charge in [0.15, 0.2) is 0 Å². The van der Waals surface area contributed by atoms with Gasteiger partial charge in [0.05, 0.1) is 6.42 Å². The Labute approximate surface area is 208 Å². The fourth-order valence-corrected chi connectivity index (χ4v) is 4.16. The molecule has 2 rings (SSSR count). The molecule has 1 aliphatic heterocycles. The van der Waals surface area contributed by atoms with Gasteiger partial charge < -0.3 is 20.7 Å². The van der Waals surface area contributed by atoms with Gasteiger partial charge in [0.25, 0.3) is 0 Å². The molecule has 0 aliphatic carbocycles. The molecule has 0 radical (unpaired) electrons. The molecule has 1 unspecified atom stereocenters. The Balaban J connectivity index is 2.35. The molecular weight excluding hydrogens is 446 g/mol. The summed E-state index contributed by atoms with van der Waals surface area (Å²) in [7, 11) is 0. The van der Waals surface area contributed by atoms with E-state index in [1.165, 1.54) is 0 Å². The topological polar surface area (TPSA) is 114 Å². The summed E-state index contributed by atoms with van der Waals surface area (Å²) in [6.07, 6.45) is 2.70. The van der Waals surface area contributed by atoms with Crippen LogP contribution in [-0.2, 0) is 30.3 Å². The van der Waals surface area contributed by atoms with Gasteiger partial charge >= 0.3 is 5.97 Å². The average Bonchev–Trinajstić information content (AvgIpc) is 2.81. The Kier molecular flexibility index (Phi) is 11.2. The molecule has 1 heterocycles. The zero-order chi connectivity index (χ0) is 26.0. The maximum atomic E-state index is 13.1. The molecule has 0 bridgehead atoms. The van der Waals surface area contributed by atoms with E-state index in [-0.39, 0.29) is 30.6 Å². The average molecular weight is 488 g/mol. The second-order valence-electron chi connectivity index (χ2n) is 10.0. The van der Waals surface area contributed by atoms with Gasteiger partial charge in [-0.2, -0.15) is 0 Å². The van der Waals surface area contributed by atoms with Gasteiger partial charge in [0, 0.05) is 6.42 Å². The Bertz CT molecular complexity index is 858. The number of esters is 1. The highest BCUT2D eigenvalue weighted by Crippen LogP contribution is 2.20. The van der Waals surface area contributed by atoms with Crippen molar-refractivity contribution in [2.24, 2.45) is 11.8 Å². The fraction of sp³-hybridized carbons (Fsp3) is 0.630. The molecular formula is C27H41N3O5. The molecule has 1 aromatic carbocycles. The van der Waals surface area contributed by atoms with Crippen LogP contribution in [0.5, 0.6) is 0 Å². The first-order chi connectivity index (χ1) is 16.6. The minimum Gasteiger partial charge on any atom is -0.460 e. The lowest BCUT2D eigenvalue weighted by molar-refractivity contribution is -0.157. The predicted octanol–water partition coefficient (Wildman–Crippen LogP) is 2.89. The zero-order valence-corrected chi connectivity index (χ0v) is 21.6. The number of rotatable bonds is 8. The number of nitrogens with one attached hydrogen (secondary N) is 3. The SMILES string of the molecule is CCCC[C@H](C)[C@@H]1CC(=O)N[C@@H](Cc2ccccc2)C(=O)N[C@@H](C)C(=O)NC(CC(C)C)C(=O)O1. The highest BCUT2D eigenvalue weighted by Gasteiger charge is 2.33. The number of benzene rings is 1. The first kappa shape index (κ1) is 28.3. The van der Waals surface area contributed by atoms with Crippen molar-refractivity contribution in [3.63, 3.8) is 0 Å². The van der Waals surface area contributed by atoms with Gasteiger partial charge in [-0.15, -0.1) is 0 Å². The van der Waals surface area contributed by atoms with Crippen molar-refractivity contribution in [1.29, 1.82) is 0 Å². The summed E-state index contributed by atoms with van der Waals surface area (Å²) in [5, 5.41) is 8.26. The molecule has 0 spiro atoms. The van der Waals surface area contributed by atoms with Crippen molar-refractivity contribution >= 4 is 23.7 Å². The molecule has 3 N–H and O–H groups in total. The number of carbonyl (C=O) groups is 4. The van der Waals surface area contributed by atoms with Crippen LogP contribution >= 0.6 is 0 Å². The van der Waals surface area contributed by atoms with E-state index >= 15 is 0 Å². The smallest absolute Gasteiger partial charge is 0.328 e. The number of hydrogen-bond donors (Lipinski definition) is 3. The fourth-order valence-electron chi connectivity index (χ4n) is 4.16. The maximum absolute atomic E-state index is 13.1. The Hall–Kier alpha value is -2.90. The molecule has 35 heavy (non-hydrogen) atoms. The van der Waals surface area contributed by atoms with E-state index in [1.807, 2.05) is 51.1 Å². The van der Waals surface area contributed by atoms with Gasteiger partial charge in [-0.05, 0) is 37.2 Å². The van der Waals surface area contributed by atoms with Crippen LogP contribution in [0.4, 0.5) is 0 Å². The van der Waals surface area contributed by atoms with Crippen LogP contribution in [0.1, 0.15) is 72.3 Å². The van der Waals surface area contributed by atoms with E-state index in [9.17, 15) is 19.2 Å². The molecule has 0 saturated carbocycles. The van der Waals surface area contributed by atoms with Crippen molar-refractivity contribution in [2.45, 2.75) is 97.4 Å². The molecule has 1 aromatic rings. The Morgan fingerprint density at radius 3 is 2.26 bits per heavy atom. The second-order valence-corrected chi connectivity index (χ2v) is 10.0. The first-order valence-electron chi connectivity index (χ1n) is 12.7. The maximum Gasteiger partial charge on any atom is 0.328 e. The molecule has 5 atom stereocenters. The van der Waals surface area contributed by atoms with Crippen LogP contribution < -0.4 is 16.0 Å². The van der Waals surface area contributed by atoms with E-state index < -0.39 is 42.0 Å². The predicted molar refractivity (Wildman–Crippen MR) is 134 cm³/mol. The van der Waals surface area contributed by atoms with Gasteiger partial charge in [-0.3, -0.25) is 14.4 Å². The van der Waals surface area contributed by atoms with E-state index in [0.717, 1.165) is 24.8 Å². The van der Waals surface area contributed by atoms with Crippen molar-refractivity contribution in [3.8, 4) is 0 Å². The molecule has 1 saturated heterocycles. The van der Waals surface area contributed by atoms with Gasteiger partial charge in [0.2, 0.25) is 17.7 Å². The van der Waals surface area contributed by atoms with Crippen LogP contribution in [0, 0.1) is 11.8 Å². The quantitative estimate of drug-likeness (QED) is 0.488. The summed E-state index contributed by atoms with van der Waals surface area (Å²) in [6.45, 7) is 9.51. The number of hydrogen-bond acceptors (Lipinski definition) is 5. The van der Waals surface area contributed by atoms with Crippen LogP contribution in [-0.4, -0.2) is 47.9 Å². The van der Waals surface area contributed by atoms with Crippen molar-refractivity contribution in [2.75, 3.05) is 0 Å². The van der Waals surface area contributed by atoms with Crippen molar-refractivity contribution in [3.05, 3.63) is 35.9 Å². The van der Waals surface area contributed by atoms with Gasteiger partial charge in [-0.25, -0.2) is 4.79 Å². The van der Waals surface area contributed by atoms with Crippen molar-refractivity contribution < 1.29 is 23.9 Å². The van der Waals surface area contributed by atoms with Gasteiger partial charge in [-0.1, -0.05) is 70.9 Å². The summed E-state index contributed by atoms with van der Waals surface area (Å²) in [4.78, 5) is 52.1. The number of carbonyl (C=O) groups excluding carboxylic acids is 4. The summed E-state index contributed by atoms with van der Waals surface area (Å²) >= 11 is 0. The standard InChI is InChI=1S/C27H41N3O5/c1-6-7-11-18(4)23-16-24(31)29-21(15-20-12-9-8-10-13-20)26(33)28-19(5)25(32)30-22(14-17(2)3)27(34)35-23/h8-10,12-13,17-19,21-23H,6-7,11,14-16H2,1-5H3,(H,28,33)(H,29,31)(H,30,32)/t18-,19-,21-,22?,23-/m0/s1. The summed E-state index contributed by atoms with van der Waals surface area (Å²) in [5.74, 6) is -1.76.